The Hall–Kier alpha value is -1.25. The largest absolute Gasteiger partial charge is 0.479 e. The summed E-state index contributed by atoms with van der Waals surface area (Å²) in [4.78, 5) is 11.9. The van der Waals surface area contributed by atoms with Crippen LogP contribution in [-0.2, 0) is 19.0 Å². The van der Waals surface area contributed by atoms with Crippen molar-refractivity contribution in [2.24, 2.45) is 0 Å². The maximum atomic E-state index is 10.9. The molecule has 14 atom stereocenters. The molecule has 0 aromatic rings. The molecule has 0 aliphatic heterocycles. The van der Waals surface area contributed by atoms with Gasteiger partial charge in [-0.1, -0.05) is 13.8 Å². The van der Waals surface area contributed by atoms with Crippen molar-refractivity contribution in [2.75, 3.05) is 59.3 Å². The van der Waals surface area contributed by atoms with Crippen molar-refractivity contribution in [3.63, 3.8) is 0 Å². The van der Waals surface area contributed by atoms with Crippen LogP contribution in [-0.4, -0.2) is 231 Å². The summed E-state index contributed by atoms with van der Waals surface area (Å²) in [5.74, 6) is -1.46. The van der Waals surface area contributed by atoms with Crippen molar-refractivity contribution in [1.82, 2.24) is 4.90 Å². The first-order chi connectivity index (χ1) is 24.1. The van der Waals surface area contributed by atoms with Crippen LogP contribution in [0.1, 0.15) is 53.4 Å². The van der Waals surface area contributed by atoms with Crippen LogP contribution in [0, 0.1) is 0 Å². The number of hydrogen-bond donors (Lipinski definition) is 14. The monoisotopic (exact) mass is 768 g/mol. The molecule has 20 nitrogen and oxygen atoms in total. The lowest BCUT2D eigenvalue weighted by atomic mass is 9.93. The highest BCUT2D eigenvalue weighted by Gasteiger charge is 2.36. The van der Waals surface area contributed by atoms with E-state index in [-0.39, 0.29) is 39.2 Å². The average molecular weight is 769 g/mol. The van der Waals surface area contributed by atoms with E-state index in [0.29, 0.717) is 12.8 Å². The summed E-state index contributed by atoms with van der Waals surface area (Å²) in [5, 5.41) is 147. The van der Waals surface area contributed by atoms with Crippen LogP contribution in [0.15, 0.2) is 0 Å². The fourth-order valence-corrected chi connectivity index (χ4v) is 5.17. The van der Waals surface area contributed by atoms with E-state index in [2.05, 4.69) is 0 Å². The van der Waals surface area contributed by atoms with E-state index in [1.165, 1.54) is 0 Å². The third kappa shape index (κ3) is 18.9. The molecule has 0 aliphatic rings. The number of aliphatic carboxylic acids is 1. The van der Waals surface area contributed by atoms with Crippen molar-refractivity contribution in [1.29, 1.82) is 0 Å². The Bertz CT molecular complexity index is 925. The van der Waals surface area contributed by atoms with E-state index in [0.717, 1.165) is 4.90 Å². The predicted octanol–water partition coefficient (Wildman–Crippen LogP) is -6.41. The van der Waals surface area contributed by atoms with Crippen molar-refractivity contribution in [3.05, 3.63) is 0 Å². The molecular formula is C32H66NO19+. The molecule has 0 amide bonds. The number of rotatable bonds is 31. The molecule has 0 saturated carbocycles. The number of carboxylic acid groups (broad SMARTS) is 1. The zero-order valence-electron chi connectivity index (χ0n) is 30.5. The van der Waals surface area contributed by atoms with Gasteiger partial charge in [0, 0.05) is 32.5 Å². The number of carbonyl (C=O) groups is 1. The summed E-state index contributed by atoms with van der Waals surface area (Å²) in [6, 6.07) is 0. The normalized spacial score (nSPS) is 21.8. The molecule has 0 bridgehead atoms. The SMILES string of the molecule is CCC(C)(CC(O)COCC(O)C(=O)O)OCC(O)CC(C)(CC)OCC(O)CN(C[C@H](O)[C@@H](O)[C@H](O)[C@H](O)CO)C[C@H](O)[C@@H](O)[C@H](O)[C@H](O)C[OH2+]. The molecule has 0 fully saturated rings. The van der Waals surface area contributed by atoms with Crippen LogP contribution in [0.4, 0.5) is 0 Å². The minimum Gasteiger partial charge on any atom is -0.479 e. The molecule has 0 spiro atoms. The lowest BCUT2D eigenvalue weighted by Gasteiger charge is -2.36. The molecule has 312 valence electrons. The second kappa shape index (κ2) is 25.0. The first kappa shape index (κ1) is 50.8. The van der Waals surface area contributed by atoms with E-state index in [1.54, 1.807) is 27.7 Å². The Morgan fingerprint density at radius 3 is 1.42 bits per heavy atom. The van der Waals surface area contributed by atoms with Gasteiger partial charge in [-0.05, 0) is 26.7 Å². The standard InChI is InChI=1S/C32H65NO19/c1-5-31(3,7-18(36)14-50-17-25(43)30(48)49)51-15-19(37)8-32(4,6-2)52-16-20(38)9-33(10-21(39)26(44)28(46)23(41)12-34)11-22(40)27(45)29(47)24(42)13-35/h18-29,34-47H,5-17H2,1-4H3,(H,48,49)/p+1/t18?,19?,20?,21-,22-,23+,24+,25?,26+,27+,28+,29+,31?,32?/m0/s1. The van der Waals surface area contributed by atoms with Gasteiger partial charge in [0.05, 0.1) is 74.8 Å². The predicted molar refractivity (Wildman–Crippen MR) is 181 cm³/mol. The van der Waals surface area contributed by atoms with Gasteiger partial charge < -0.3 is 90.8 Å². The molecule has 0 saturated heterocycles. The van der Waals surface area contributed by atoms with E-state index >= 15 is 0 Å². The van der Waals surface area contributed by atoms with Gasteiger partial charge in [-0.25, -0.2) is 4.79 Å². The lowest BCUT2D eigenvalue weighted by molar-refractivity contribution is -0.151. The molecule has 52 heavy (non-hydrogen) atoms. The van der Waals surface area contributed by atoms with Gasteiger partial charge in [0.2, 0.25) is 0 Å². The molecule has 16 N–H and O–H groups in total. The van der Waals surface area contributed by atoms with Crippen LogP contribution >= 0.6 is 0 Å². The van der Waals surface area contributed by atoms with Gasteiger partial charge in [0.25, 0.3) is 0 Å². The molecule has 0 radical (unpaired) electrons. The molecule has 20 heteroatoms. The number of nitrogens with zero attached hydrogens (tertiary/aromatic N) is 1. The molecule has 0 aliphatic carbocycles. The Balaban J connectivity index is 5.45. The Morgan fingerprint density at radius 2 is 1.02 bits per heavy atom. The molecule has 0 aromatic heterocycles. The Labute approximate surface area is 303 Å². The smallest absolute Gasteiger partial charge is 0.334 e. The minimum absolute atomic E-state index is 0.0373. The molecule has 6 unspecified atom stereocenters. The maximum Gasteiger partial charge on any atom is 0.334 e. The van der Waals surface area contributed by atoms with E-state index < -0.39 is 123 Å². The summed E-state index contributed by atoms with van der Waals surface area (Å²) in [6.45, 7) is 2.57. The highest BCUT2D eigenvalue weighted by molar-refractivity contribution is 5.71. The third-order valence-corrected chi connectivity index (χ3v) is 8.98. The van der Waals surface area contributed by atoms with E-state index in [9.17, 15) is 66.1 Å². The summed E-state index contributed by atoms with van der Waals surface area (Å²) >= 11 is 0. The first-order valence-electron chi connectivity index (χ1n) is 17.3. The summed E-state index contributed by atoms with van der Waals surface area (Å²) < 4.78 is 17.0. The molecular weight excluding hydrogens is 702 g/mol. The summed E-state index contributed by atoms with van der Waals surface area (Å²) in [5.41, 5.74) is -1.92. The van der Waals surface area contributed by atoms with Gasteiger partial charge in [-0.15, -0.1) is 0 Å². The topological polar surface area (TPSA) is 354 Å². The zero-order valence-corrected chi connectivity index (χ0v) is 30.5. The van der Waals surface area contributed by atoms with Crippen molar-refractivity contribution >= 4 is 5.97 Å². The number of ether oxygens (including phenoxy) is 3. The quantitative estimate of drug-likeness (QED) is 0.0292. The summed E-state index contributed by atoms with van der Waals surface area (Å²) in [7, 11) is 0. The van der Waals surface area contributed by atoms with Crippen LogP contribution < -0.4 is 0 Å². The zero-order chi connectivity index (χ0) is 40.4. The first-order valence-corrected chi connectivity index (χ1v) is 17.3. The van der Waals surface area contributed by atoms with Gasteiger partial charge in [-0.2, -0.15) is 0 Å². The number of hydrogen-bond acceptors (Lipinski definition) is 18. The van der Waals surface area contributed by atoms with Gasteiger partial charge in [-0.3, -0.25) is 4.90 Å². The second-order valence-corrected chi connectivity index (χ2v) is 13.8. The third-order valence-electron chi connectivity index (χ3n) is 8.98. The van der Waals surface area contributed by atoms with E-state index in [4.69, 9.17) is 29.5 Å². The highest BCUT2D eigenvalue weighted by atomic mass is 16.5. The fourth-order valence-electron chi connectivity index (χ4n) is 5.17. The minimum atomic E-state index is -1.99. The number of aliphatic hydroxyl groups excluding tert-OH is 13. The second-order valence-electron chi connectivity index (χ2n) is 13.8. The number of aliphatic hydroxyl groups is 13. The van der Waals surface area contributed by atoms with Crippen LogP contribution in [0.3, 0.4) is 0 Å². The van der Waals surface area contributed by atoms with E-state index in [1.807, 2.05) is 0 Å². The Kier molecular flexibility index (Phi) is 24.4. The van der Waals surface area contributed by atoms with Crippen molar-refractivity contribution in [3.8, 4) is 0 Å². The fraction of sp³-hybridized carbons (Fsp3) is 0.969. The van der Waals surface area contributed by atoms with Crippen LogP contribution in [0.25, 0.3) is 0 Å². The maximum absolute atomic E-state index is 10.9. The van der Waals surface area contributed by atoms with Gasteiger partial charge in [0.15, 0.2) is 18.8 Å². The molecule has 0 rings (SSSR count). The van der Waals surface area contributed by atoms with Crippen molar-refractivity contribution < 1.29 is 95.6 Å². The highest BCUT2D eigenvalue weighted by Crippen LogP contribution is 2.26. The lowest BCUT2D eigenvalue weighted by Crippen LogP contribution is -2.54. The van der Waals surface area contributed by atoms with Gasteiger partial charge in [0.1, 0.15) is 30.5 Å². The summed E-state index contributed by atoms with van der Waals surface area (Å²) in [6.07, 6.45) is -19.3. The van der Waals surface area contributed by atoms with Crippen molar-refractivity contribution in [2.45, 2.75) is 138 Å². The van der Waals surface area contributed by atoms with Gasteiger partial charge >= 0.3 is 5.97 Å². The van der Waals surface area contributed by atoms with Crippen LogP contribution in [0.5, 0.6) is 0 Å². The molecule has 0 heterocycles. The average Bonchev–Trinajstić information content (AvgIpc) is 3.10. The molecule has 0 aromatic carbocycles. The van der Waals surface area contributed by atoms with Crippen LogP contribution in [0.2, 0.25) is 0 Å². The Morgan fingerprint density at radius 1 is 0.615 bits per heavy atom. The number of carboxylic acids is 1.